The minimum atomic E-state index is -0.516. The number of β-lactam (4-membered cyclic amide) rings is 1. The van der Waals surface area contributed by atoms with E-state index in [0.717, 1.165) is 5.56 Å². The number of hydrogen-bond donors (Lipinski definition) is 1. The van der Waals surface area contributed by atoms with Crippen molar-refractivity contribution in [2.45, 2.75) is 18.1 Å². The van der Waals surface area contributed by atoms with Gasteiger partial charge in [-0.25, -0.2) is 4.79 Å². The minimum absolute atomic E-state index is 0.162. The predicted octanol–water partition coefficient (Wildman–Crippen LogP) is 1.23. The van der Waals surface area contributed by atoms with Gasteiger partial charge in [-0.3, -0.25) is 9.69 Å². The molecule has 98 valence electrons. The van der Waals surface area contributed by atoms with Gasteiger partial charge >= 0.3 is 6.09 Å². The van der Waals surface area contributed by atoms with Crippen molar-refractivity contribution in [1.82, 2.24) is 10.2 Å². The van der Waals surface area contributed by atoms with Gasteiger partial charge in [-0.05, 0) is 5.56 Å². The monoisotopic (exact) mass is 258 g/mol. The standard InChI is InChI=1S/C14H14N2O3/c1-2-10-12(13(17)15-10)16-11(8-19-14(16)18)9-6-4-3-5-7-9/h2-7,10-12H,1,8H2,(H,15,17)/t10-,11-,12-/m1/s1. The number of nitrogens with zero attached hydrogens (tertiary/aromatic N) is 1. The lowest BCUT2D eigenvalue weighted by Gasteiger charge is -2.41. The molecule has 0 saturated carbocycles. The van der Waals surface area contributed by atoms with E-state index in [1.165, 1.54) is 4.90 Å². The molecule has 19 heavy (non-hydrogen) atoms. The second-order valence-corrected chi connectivity index (χ2v) is 4.63. The number of rotatable bonds is 3. The Morgan fingerprint density at radius 2 is 2.05 bits per heavy atom. The number of amides is 2. The van der Waals surface area contributed by atoms with Crippen LogP contribution < -0.4 is 5.32 Å². The van der Waals surface area contributed by atoms with Crippen molar-refractivity contribution in [3.05, 3.63) is 48.6 Å². The first-order valence-corrected chi connectivity index (χ1v) is 6.15. The first kappa shape index (κ1) is 11.8. The Labute approximate surface area is 110 Å². The lowest BCUT2D eigenvalue weighted by molar-refractivity contribution is -0.134. The number of hydrogen-bond acceptors (Lipinski definition) is 3. The average Bonchev–Trinajstić information content (AvgIpc) is 2.79. The highest BCUT2D eigenvalue weighted by molar-refractivity contribution is 5.93. The van der Waals surface area contributed by atoms with Crippen LogP contribution in [0.5, 0.6) is 0 Å². The van der Waals surface area contributed by atoms with Crippen LogP contribution in [-0.4, -0.2) is 35.6 Å². The van der Waals surface area contributed by atoms with E-state index < -0.39 is 12.1 Å². The normalized spacial score (nSPS) is 29.5. The van der Waals surface area contributed by atoms with Crippen molar-refractivity contribution in [1.29, 1.82) is 0 Å². The summed E-state index contributed by atoms with van der Waals surface area (Å²) >= 11 is 0. The largest absolute Gasteiger partial charge is 0.447 e. The molecule has 2 aliphatic heterocycles. The van der Waals surface area contributed by atoms with Crippen molar-refractivity contribution in [3.8, 4) is 0 Å². The molecule has 3 atom stereocenters. The van der Waals surface area contributed by atoms with Crippen molar-refractivity contribution < 1.29 is 14.3 Å². The predicted molar refractivity (Wildman–Crippen MR) is 68.3 cm³/mol. The second kappa shape index (κ2) is 4.42. The van der Waals surface area contributed by atoms with Crippen molar-refractivity contribution in [2.24, 2.45) is 0 Å². The van der Waals surface area contributed by atoms with E-state index in [2.05, 4.69) is 11.9 Å². The van der Waals surface area contributed by atoms with Crippen LogP contribution in [0.15, 0.2) is 43.0 Å². The van der Waals surface area contributed by atoms with Crippen LogP contribution in [0.25, 0.3) is 0 Å². The Morgan fingerprint density at radius 3 is 2.68 bits per heavy atom. The van der Waals surface area contributed by atoms with Crippen molar-refractivity contribution >= 4 is 12.0 Å². The van der Waals surface area contributed by atoms with Gasteiger partial charge in [0.1, 0.15) is 12.6 Å². The smallest absolute Gasteiger partial charge is 0.411 e. The molecule has 2 saturated heterocycles. The Morgan fingerprint density at radius 1 is 1.32 bits per heavy atom. The van der Waals surface area contributed by atoms with Gasteiger partial charge in [0.15, 0.2) is 0 Å². The maximum Gasteiger partial charge on any atom is 0.411 e. The zero-order valence-corrected chi connectivity index (χ0v) is 10.3. The molecule has 1 N–H and O–H groups in total. The van der Waals surface area contributed by atoms with E-state index in [0.29, 0.717) is 0 Å². The van der Waals surface area contributed by atoms with Crippen LogP contribution >= 0.6 is 0 Å². The van der Waals surface area contributed by atoms with Gasteiger partial charge in [0.05, 0.1) is 12.1 Å². The van der Waals surface area contributed by atoms with Crippen LogP contribution in [0.3, 0.4) is 0 Å². The maximum absolute atomic E-state index is 11.9. The van der Waals surface area contributed by atoms with Gasteiger partial charge in [0.2, 0.25) is 5.91 Å². The number of ether oxygens (including phenoxy) is 1. The topological polar surface area (TPSA) is 58.6 Å². The molecule has 0 spiro atoms. The Balaban J connectivity index is 1.91. The van der Waals surface area contributed by atoms with Crippen LogP contribution in [0.2, 0.25) is 0 Å². The summed E-state index contributed by atoms with van der Waals surface area (Å²) in [5.41, 5.74) is 0.968. The quantitative estimate of drug-likeness (QED) is 0.655. The fraction of sp³-hybridized carbons (Fsp3) is 0.286. The molecule has 2 fully saturated rings. The molecule has 5 nitrogen and oxygen atoms in total. The second-order valence-electron chi connectivity index (χ2n) is 4.63. The minimum Gasteiger partial charge on any atom is -0.447 e. The highest BCUT2D eigenvalue weighted by Gasteiger charge is 2.50. The summed E-state index contributed by atoms with van der Waals surface area (Å²) in [6.07, 6.45) is 1.19. The zero-order chi connectivity index (χ0) is 13.4. The van der Waals surface area contributed by atoms with E-state index >= 15 is 0 Å². The summed E-state index contributed by atoms with van der Waals surface area (Å²) in [4.78, 5) is 25.1. The van der Waals surface area contributed by atoms with Crippen LogP contribution in [0.4, 0.5) is 4.79 Å². The lowest BCUT2D eigenvalue weighted by atomic mass is 9.94. The highest BCUT2D eigenvalue weighted by Crippen LogP contribution is 2.33. The molecular formula is C14H14N2O3. The van der Waals surface area contributed by atoms with Gasteiger partial charge in [-0.1, -0.05) is 36.4 Å². The Bertz CT molecular complexity index is 529. The molecule has 3 rings (SSSR count). The van der Waals surface area contributed by atoms with E-state index in [-0.39, 0.29) is 24.6 Å². The summed E-state index contributed by atoms with van der Waals surface area (Å²) in [5.74, 6) is -0.162. The molecule has 1 aromatic rings. The summed E-state index contributed by atoms with van der Waals surface area (Å²) in [7, 11) is 0. The summed E-state index contributed by atoms with van der Waals surface area (Å²) < 4.78 is 5.10. The molecule has 0 bridgehead atoms. The SMILES string of the molecule is C=C[C@H]1NC(=O)[C@@H]1N1C(=O)OC[C@@H]1c1ccccc1. The van der Waals surface area contributed by atoms with E-state index in [1.807, 2.05) is 30.3 Å². The molecule has 2 heterocycles. The summed E-state index contributed by atoms with van der Waals surface area (Å²) in [6.45, 7) is 3.94. The molecular weight excluding hydrogens is 244 g/mol. The van der Waals surface area contributed by atoms with Crippen LogP contribution in [0.1, 0.15) is 11.6 Å². The maximum atomic E-state index is 11.9. The molecule has 2 amide bonds. The number of carbonyl (C=O) groups excluding carboxylic acids is 2. The first-order valence-electron chi connectivity index (χ1n) is 6.15. The number of carbonyl (C=O) groups is 2. The van der Waals surface area contributed by atoms with Crippen molar-refractivity contribution in [2.75, 3.05) is 6.61 Å². The van der Waals surface area contributed by atoms with Crippen LogP contribution in [0, 0.1) is 0 Å². The van der Waals surface area contributed by atoms with E-state index in [9.17, 15) is 9.59 Å². The fourth-order valence-electron chi connectivity index (χ4n) is 2.55. The third kappa shape index (κ3) is 1.78. The third-order valence-electron chi connectivity index (χ3n) is 3.57. The third-order valence-corrected chi connectivity index (χ3v) is 3.57. The van der Waals surface area contributed by atoms with E-state index in [1.54, 1.807) is 6.08 Å². The van der Waals surface area contributed by atoms with Crippen LogP contribution in [-0.2, 0) is 9.53 Å². The fourth-order valence-corrected chi connectivity index (χ4v) is 2.55. The van der Waals surface area contributed by atoms with Gasteiger partial charge in [0.25, 0.3) is 0 Å². The number of benzene rings is 1. The molecule has 2 aliphatic rings. The van der Waals surface area contributed by atoms with Gasteiger partial charge < -0.3 is 10.1 Å². The average molecular weight is 258 g/mol. The molecule has 1 aromatic carbocycles. The lowest BCUT2D eigenvalue weighted by Crippen LogP contribution is -2.68. The molecule has 5 heteroatoms. The summed E-state index contributed by atoms with van der Waals surface area (Å²) in [6, 6.07) is 8.64. The Kier molecular flexibility index (Phi) is 2.74. The van der Waals surface area contributed by atoms with Gasteiger partial charge in [0, 0.05) is 0 Å². The number of nitrogens with one attached hydrogen (secondary N) is 1. The van der Waals surface area contributed by atoms with Crippen molar-refractivity contribution in [3.63, 3.8) is 0 Å². The van der Waals surface area contributed by atoms with E-state index in [4.69, 9.17) is 4.74 Å². The zero-order valence-electron chi connectivity index (χ0n) is 10.3. The molecule has 0 aromatic heterocycles. The molecule has 0 aliphatic carbocycles. The van der Waals surface area contributed by atoms with Gasteiger partial charge in [-0.2, -0.15) is 0 Å². The molecule has 0 unspecified atom stereocenters. The number of cyclic esters (lactones) is 1. The Hall–Kier alpha value is -2.30. The molecule has 0 radical (unpaired) electrons. The first-order chi connectivity index (χ1) is 9.22. The van der Waals surface area contributed by atoms with Gasteiger partial charge in [-0.15, -0.1) is 6.58 Å². The summed E-state index contributed by atoms with van der Waals surface area (Å²) in [5, 5.41) is 2.71. The highest BCUT2D eigenvalue weighted by atomic mass is 16.6.